The number of nitrogens with zero attached hydrogens (tertiary/aromatic N) is 1. The Morgan fingerprint density at radius 3 is 2.94 bits per heavy atom. The number of rotatable bonds is 6. The van der Waals surface area contributed by atoms with E-state index in [4.69, 9.17) is 21.7 Å². The first kappa shape index (κ1) is 14.7. The van der Waals surface area contributed by atoms with E-state index in [9.17, 15) is 0 Å². The molecule has 2 N–H and O–H groups in total. The molecule has 1 unspecified atom stereocenters. The second-order valence-electron chi connectivity index (χ2n) is 3.89. The first-order valence-corrected chi connectivity index (χ1v) is 6.08. The first-order valence-electron chi connectivity index (χ1n) is 5.68. The van der Waals surface area contributed by atoms with Crippen LogP contribution >= 0.6 is 12.2 Å². The molecule has 1 atom stereocenters. The number of hydrogen-bond donors (Lipinski definition) is 2. The molecule has 0 saturated heterocycles. The van der Waals surface area contributed by atoms with Crippen LogP contribution in [0, 0.1) is 0 Å². The maximum atomic E-state index is 5.18. The largest absolute Gasteiger partial charge is 0.481 e. The molecule has 1 heterocycles. The van der Waals surface area contributed by atoms with E-state index in [0.717, 1.165) is 5.56 Å². The average Bonchev–Trinajstić information content (AvgIpc) is 2.37. The molecule has 0 aromatic carbocycles. The summed E-state index contributed by atoms with van der Waals surface area (Å²) in [6, 6.07) is 3.97. The molecule has 0 amide bonds. The lowest BCUT2D eigenvalue weighted by Gasteiger charge is -2.16. The zero-order valence-corrected chi connectivity index (χ0v) is 11.7. The van der Waals surface area contributed by atoms with Crippen LogP contribution in [0.15, 0.2) is 18.3 Å². The molecule has 0 spiro atoms. The smallest absolute Gasteiger partial charge is 0.213 e. The van der Waals surface area contributed by atoms with Gasteiger partial charge in [0.15, 0.2) is 5.11 Å². The SMILES string of the molecule is COCC(C)NC(=S)NCc1ccnc(OC)c1. The summed E-state index contributed by atoms with van der Waals surface area (Å²) in [5, 5.41) is 6.86. The predicted octanol–water partition coefficient (Wildman–Crippen LogP) is 1.09. The van der Waals surface area contributed by atoms with Crippen molar-refractivity contribution in [3.05, 3.63) is 23.9 Å². The standard InChI is InChI=1S/C12H19N3O2S/c1-9(8-16-2)15-12(18)14-7-10-4-5-13-11(6-10)17-3/h4-6,9H,7-8H2,1-3H3,(H2,14,15,18). The lowest BCUT2D eigenvalue weighted by molar-refractivity contribution is 0.179. The van der Waals surface area contributed by atoms with E-state index in [-0.39, 0.29) is 6.04 Å². The maximum Gasteiger partial charge on any atom is 0.213 e. The van der Waals surface area contributed by atoms with E-state index >= 15 is 0 Å². The monoisotopic (exact) mass is 269 g/mol. The molecule has 0 aliphatic carbocycles. The number of aromatic nitrogens is 1. The van der Waals surface area contributed by atoms with Gasteiger partial charge in [0.2, 0.25) is 5.88 Å². The van der Waals surface area contributed by atoms with Crippen LogP contribution in [0.1, 0.15) is 12.5 Å². The molecule has 1 aromatic rings. The minimum atomic E-state index is 0.182. The van der Waals surface area contributed by atoms with Crippen molar-refractivity contribution >= 4 is 17.3 Å². The summed E-state index contributed by atoms with van der Waals surface area (Å²) >= 11 is 5.18. The third kappa shape index (κ3) is 5.29. The van der Waals surface area contributed by atoms with Gasteiger partial charge in [-0.25, -0.2) is 4.98 Å². The van der Waals surface area contributed by atoms with Gasteiger partial charge in [0.05, 0.1) is 13.7 Å². The second-order valence-corrected chi connectivity index (χ2v) is 4.30. The van der Waals surface area contributed by atoms with E-state index in [1.807, 2.05) is 19.1 Å². The molecular weight excluding hydrogens is 250 g/mol. The van der Waals surface area contributed by atoms with Crippen LogP contribution in [0.2, 0.25) is 0 Å². The summed E-state index contributed by atoms with van der Waals surface area (Å²) in [6.45, 7) is 3.25. The van der Waals surface area contributed by atoms with E-state index in [1.165, 1.54) is 0 Å². The van der Waals surface area contributed by atoms with E-state index in [0.29, 0.717) is 24.1 Å². The van der Waals surface area contributed by atoms with Crippen molar-refractivity contribution in [3.63, 3.8) is 0 Å². The summed E-state index contributed by atoms with van der Waals surface area (Å²) in [5.74, 6) is 0.598. The quantitative estimate of drug-likeness (QED) is 0.754. The molecule has 18 heavy (non-hydrogen) atoms. The third-order valence-electron chi connectivity index (χ3n) is 2.26. The van der Waals surface area contributed by atoms with E-state index < -0.39 is 0 Å². The van der Waals surface area contributed by atoms with Crippen LogP contribution in [0.5, 0.6) is 5.88 Å². The van der Waals surface area contributed by atoms with Crippen LogP contribution < -0.4 is 15.4 Å². The molecule has 0 saturated carbocycles. The number of hydrogen-bond acceptors (Lipinski definition) is 4. The highest BCUT2D eigenvalue weighted by molar-refractivity contribution is 7.80. The fraction of sp³-hybridized carbons (Fsp3) is 0.500. The van der Waals surface area contributed by atoms with Crippen molar-refractivity contribution in [2.24, 2.45) is 0 Å². The Morgan fingerprint density at radius 1 is 1.50 bits per heavy atom. The van der Waals surface area contributed by atoms with Crippen LogP contribution in [0.4, 0.5) is 0 Å². The Morgan fingerprint density at radius 2 is 2.28 bits per heavy atom. The van der Waals surface area contributed by atoms with Crippen molar-refractivity contribution < 1.29 is 9.47 Å². The van der Waals surface area contributed by atoms with Gasteiger partial charge in [0.25, 0.3) is 0 Å². The predicted molar refractivity (Wildman–Crippen MR) is 74.7 cm³/mol. The minimum Gasteiger partial charge on any atom is -0.481 e. The topological polar surface area (TPSA) is 55.4 Å². The molecule has 0 bridgehead atoms. The fourth-order valence-electron chi connectivity index (χ4n) is 1.42. The number of pyridine rings is 1. The highest BCUT2D eigenvalue weighted by atomic mass is 32.1. The van der Waals surface area contributed by atoms with Gasteiger partial charge in [-0.05, 0) is 30.8 Å². The van der Waals surface area contributed by atoms with Crippen molar-refractivity contribution in [1.82, 2.24) is 15.6 Å². The van der Waals surface area contributed by atoms with E-state index in [2.05, 4.69) is 15.6 Å². The molecule has 5 nitrogen and oxygen atoms in total. The Balaban J connectivity index is 2.37. The van der Waals surface area contributed by atoms with Gasteiger partial charge in [-0.1, -0.05) is 0 Å². The summed E-state index contributed by atoms with van der Waals surface area (Å²) in [5.41, 5.74) is 1.06. The molecule has 0 aliphatic rings. The molecule has 6 heteroatoms. The number of nitrogens with one attached hydrogen (secondary N) is 2. The normalized spacial score (nSPS) is 11.7. The second kappa shape index (κ2) is 7.84. The van der Waals surface area contributed by atoms with Gasteiger partial charge in [-0.15, -0.1) is 0 Å². The molecule has 1 rings (SSSR count). The van der Waals surface area contributed by atoms with Crippen molar-refractivity contribution in [2.45, 2.75) is 19.5 Å². The average molecular weight is 269 g/mol. The molecular formula is C12H19N3O2S. The third-order valence-corrected chi connectivity index (χ3v) is 2.52. The lowest BCUT2D eigenvalue weighted by atomic mass is 10.2. The molecule has 100 valence electrons. The lowest BCUT2D eigenvalue weighted by Crippen LogP contribution is -2.42. The number of thiocarbonyl (C=S) groups is 1. The van der Waals surface area contributed by atoms with Crippen molar-refractivity contribution in [3.8, 4) is 5.88 Å². The zero-order valence-electron chi connectivity index (χ0n) is 10.9. The summed E-state index contributed by atoms with van der Waals surface area (Å²) in [6.07, 6.45) is 1.71. The first-order chi connectivity index (χ1) is 8.65. The van der Waals surface area contributed by atoms with E-state index in [1.54, 1.807) is 20.4 Å². The number of ether oxygens (including phenoxy) is 2. The van der Waals surface area contributed by atoms with Crippen LogP contribution in [0.25, 0.3) is 0 Å². The highest BCUT2D eigenvalue weighted by Gasteiger charge is 2.03. The summed E-state index contributed by atoms with van der Waals surface area (Å²) in [4.78, 5) is 4.04. The highest BCUT2D eigenvalue weighted by Crippen LogP contribution is 2.07. The summed E-state index contributed by atoms with van der Waals surface area (Å²) in [7, 11) is 3.26. The van der Waals surface area contributed by atoms with Gasteiger partial charge in [-0.3, -0.25) is 0 Å². The molecule has 0 fully saturated rings. The van der Waals surface area contributed by atoms with Crippen LogP contribution in [-0.2, 0) is 11.3 Å². The van der Waals surface area contributed by atoms with Gasteiger partial charge < -0.3 is 20.1 Å². The minimum absolute atomic E-state index is 0.182. The Hall–Kier alpha value is -1.40. The maximum absolute atomic E-state index is 5.18. The fourth-order valence-corrected chi connectivity index (χ4v) is 1.69. The van der Waals surface area contributed by atoms with Gasteiger partial charge >= 0.3 is 0 Å². The van der Waals surface area contributed by atoms with Gasteiger partial charge in [-0.2, -0.15) is 0 Å². The Kier molecular flexibility index (Phi) is 6.38. The van der Waals surface area contributed by atoms with Crippen LogP contribution in [-0.4, -0.2) is 37.0 Å². The van der Waals surface area contributed by atoms with Gasteiger partial charge in [0.1, 0.15) is 0 Å². The molecule has 1 aromatic heterocycles. The van der Waals surface area contributed by atoms with Crippen molar-refractivity contribution in [2.75, 3.05) is 20.8 Å². The van der Waals surface area contributed by atoms with Crippen molar-refractivity contribution in [1.29, 1.82) is 0 Å². The Labute approximate surface area is 113 Å². The Bertz CT molecular complexity index is 387. The molecule has 0 radical (unpaired) electrons. The molecule has 0 aliphatic heterocycles. The summed E-state index contributed by atoms with van der Waals surface area (Å²) < 4.78 is 10.1. The van der Waals surface area contributed by atoms with Gasteiger partial charge in [0, 0.05) is 32.0 Å². The van der Waals surface area contributed by atoms with Crippen LogP contribution in [0.3, 0.4) is 0 Å². The zero-order chi connectivity index (χ0) is 13.4. The number of methoxy groups -OCH3 is 2.